The van der Waals surface area contributed by atoms with E-state index < -0.39 is 0 Å². The van der Waals surface area contributed by atoms with E-state index in [0.29, 0.717) is 13.2 Å². The molecule has 0 amide bonds. The molecule has 0 aliphatic heterocycles. The van der Waals surface area contributed by atoms with Gasteiger partial charge in [0.2, 0.25) is 5.88 Å². The summed E-state index contributed by atoms with van der Waals surface area (Å²) in [5.74, 6) is 0.809. The number of ether oxygens (including phenoxy) is 1. The molecule has 0 aromatic carbocycles. The molecule has 0 fully saturated rings. The van der Waals surface area contributed by atoms with E-state index in [0.717, 1.165) is 23.6 Å². The van der Waals surface area contributed by atoms with Crippen molar-refractivity contribution in [2.75, 3.05) is 6.61 Å². The Bertz CT molecular complexity index is 350. The summed E-state index contributed by atoms with van der Waals surface area (Å²) in [6.45, 7) is 9.75. The Hall–Kier alpha value is -1.03. The minimum atomic E-state index is 0.288. The molecule has 16 heavy (non-hydrogen) atoms. The van der Waals surface area contributed by atoms with Gasteiger partial charge in [0.25, 0.3) is 0 Å². The van der Waals surface area contributed by atoms with Crippen LogP contribution in [0.25, 0.3) is 0 Å². The SMILES string of the molecule is Cc1nn(C)c(OCCC(C)(C)C)c1CN. The van der Waals surface area contributed by atoms with Crippen LogP contribution in [0.2, 0.25) is 0 Å². The number of hydrogen-bond acceptors (Lipinski definition) is 3. The largest absolute Gasteiger partial charge is 0.478 e. The second kappa shape index (κ2) is 4.87. The minimum Gasteiger partial charge on any atom is -0.478 e. The smallest absolute Gasteiger partial charge is 0.216 e. The molecule has 1 aromatic heterocycles. The molecule has 0 unspecified atom stereocenters. The van der Waals surface area contributed by atoms with E-state index >= 15 is 0 Å². The lowest BCUT2D eigenvalue weighted by atomic mass is 9.93. The first-order valence-corrected chi connectivity index (χ1v) is 5.70. The molecule has 0 atom stereocenters. The van der Waals surface area contributed by atoms with Crippen LogP contribution in [0.4, 0.5) is 0 Å². The van der Waals surface area contributed by atoms with Gasteiger partial charge in [-0.1, -0.05) is 20.8 Å². The van der Waals surface area contributed by atoms with Crippen LogP contribution in [0.1, 0.15) is 38.4 Å². The Kier molecular flexibility index (Phi) is 3.97. The van der Waals surface area contributed by atoms with E-state index in [1.165, 1.54) is 0 Å². The van der Waals surface area contributed by atoms with Crippen LogP contribution in [0.5, 0.6) is 5.88 Å². The Morgan fingerprint density at radius 2 is 2.00 bits per heavy atom. The fourth-order valence-corrected chi connectivity index (χ4v) is 1.55. The van der Waals surface area contributed by atoms with E-state index in [2.05, 4.69) is 25.9 Å². The third-order valence-electron chi connectivity index (χ3n) is 2.58. The number of rotatable bonds is 4. The van der Waals surface area contributed by atoms with Crippen molar-refractivity contribution in [2.24, 2.45) is 18.2 Å². The van der Waals surface area contributed by atoms with Crippen molar-refractivity contribution < 1.29 is 4.74 Å². The van der Waals surface area contributed by atoms with Gasteiger partial charge in [-0.05, 0) is 18.8 Å². The van der Waals surface area contributed by atoms with Crippen molar-refractivity contribution in [3.63, 3.8) is 0 Å². The maximum absolute atomic E-state index is 5.78. The summed E-state index contributed by atoms with van der Waals surface area (Å²) in [5, 5.41) is 4.31. The van der Waals surface area contributed by atoms with Gasteiger partial charge in [-0.3, -0.25) is 0 Å². The summed E-state index contributed by atoms with van der Waals surface area (Å²) in [5.41, 5.74) is 7.94. The molecular weight excluding hydrogens is 202 g/mol. The molecule has 0 spiro atoms. The van der Waals surface area contributed by atoms with Crippen molar-refractivity contribution in [1.29, 1.82) is 0 Å². The zero-order chi connectivity index (χ0) is 12.3. The van der Waals surface area contributed by atoms with Gasteiger partial charge < -0.3 is 10.5 Å². The molecule has 4 heteroatoms. The van der Waals surface area contributed by atoms with Crippen molar-refractivity contribution in [3.05, 3.63) is 11.3 Å². The maximum Gasteiger partial charge on any atom is 0.216 e. The zero-order valence-electron chi connectivity index (χ0n) is 11.0. The molecule has 0 saturated heterocycles. The van der Waals surface area contributed by atoms with E-state index in [-0.39, 0.29) is 5.41 Å². The van der Waals surface area contributed by atoms with Crippen molar-refractivity contribution in [1.82, 2.24) is 9.78 Å². The van der Waals surface area contributed by atoms with Gasteiger partial charge in [0.15, 0.2) is 0 Å². The van der Waals surface area contributed by atoms with Gasteiger partial charge in [0, 0.05) is 13.6 Å². The summed E-state index contributed by atoms with van der Waals surface area (Å²) in [6.07, 6.45) is 1.02. The van der Waals surface area contributed by atoms with Crippen LogP contribution in [-0.2, 0) is 13.6 Å². The molecule has 0 saturated carbocycles. The highest BCUT2D eigenvalue weighted by molar-refractivity contribution is 5.30. The normalized spacial score (nSPS) is 11.9. The monoisotopic (exact) mass is 225 g/mol. The molecule has 0 radical (unpaired) electrons. The summed E-state index contributed by atoms with van der Waals surface area (Å²) < 4.78 is 7.54. The number of hydrogen-bond donors (Lipinski definition) is 1. The van der Waals surface area contributed by atoms with E-state index in [4.69, 9.17) is 10.5 Å². The number of aromatic nitrogens is 2. The third-order valence-corrected chi connectivity index (χ3v) is 2.58. The second-order valence-corrected chi connectivity index (χ2v) is 5.36. The van der Waals surface area contributed by atoms with Crippen LogP contribution < -0.4 is 10.5 Å². The molecule has 0 aliphatic carbocycles. The standard InChI is InChI=1S/C12H23N3O/c1-9-10(8-13)11(15(5)14-9)16-7-6-12(2,3)4/h6-8,13H2,1-5H3. The summed E-state index contributed by atoms with van der Waals surface area (Å²) >= 11 is 0. The zero-order valence-corrected chi connectivity index (χ0v) is 11.0. The molecule has 0 aliphatic rings. The first kappa shape index (κ1) is 13.0. The van der Waals surface area contributed by atoms with Gasteiger partial charge in [-0.15, -0.1) is 0 Å². The van der Waals surface area contributed by atoms with Gasteiger partial charge >= 0.3 is 0 Å². The van der Waals surface area contributed by atoms with Crippen molar-refractivity contribution in [2.45, 2.75) is 40.7 Å². The number of nitrogens with two attached hydrogens (primary N) is 1. The fraction of sp³-hybridized carbons (Fsp3) is 0.750. The molecule has 0 bridgehead atoms. The highest BCUT2D eigenvalue weighted by Crippen LogP contribution is 2.23. The predicted octanol–water partition coefficient (Wildman–Crippen LogP) is 2.00. The molecular formula is C12H23N3O. The number of aryl methyl sites for hydroxylation is 2. The predicted molar refractivity (Wildman–Crippen MR) is 65.4 cm³/mol. The van der Waals surface area contributed by atoms with E-state index in [1.807, 2.05) is 14.0 Å². The lowest BCUT2D eigenvalue weighted by Crippen LogP contribution is -2.13. The maximum atomic E-state index is 5.78. The molecule has 4 nitrogen and oxygen atoms in total. The first-order valence-electron chi connectivity index (χ1n) is 5.70. The average molecular weight is 225 g/mol. The first-order chi connectivity index (χ1) is 7.35. The van der Waals surface area contributed by atoms with Crippen LogP contribution in [0.15, 0.2) is 0 Å². The van der Waals surface area contributed by atoms with Crippen LogP contribution in [0.3, 0.4) is 0 Å². The Balaban J connectivity index is 2.66. The molecule has 1 heterocycles. The highest BCUT2D eigenvalue weighted by atomic mass is 16.5. The van der Waals surface area contributed by atoms with Gasteiger partial charge in [-0.25, -0.2) is 4.68 Å². The molecule has 2 N–H and O–H groups in total. The molecule has 1 aromatic rings. The molecule has 92 valence electrons. The van der Waals surface area contributed by atoms with Gasteiger partial charge in [-0.2, -0.15) is 5.10 Å². The topological polar surface area (TPSA) is 53.1 Å². The van der Waals surface area contributed by atoms with Crippen molar-refractivity contribution in [3.8, 4) is 5.88 Å². The summed E-state index contributed by atoms with van der Waals surface area (Å²) in [7, 11) is 1.89. The van der Waals surface area contributed by atoms with Crippen molar-refractivity contribution >= 4 is 0 Å². The summed E-state index contributed by atoms with van der Waals surface area (Å²) in [4.78, 5) is 0. The Morgan fingerprint density at radius 1 is 1.38 bits per heavy atom. The van der Waals surface area contributed by atoms with E-state index in [9.17, 15) is 0 Å². The molecule has 1 rings (SSSR count). The minimum absolute atomic E-state index is 0.288. The fourth-order valence-electron chi connectivity index (χ4n) is 1.55. The lowest BCUT2D eigenvalue weighted by molar-refractivity contribution is 0.227. The van der Waals surface area contributed by atoms with Gasteiger partial charge in [0.1, 0.15) is 0 Å². The van der Waals surface area contributed by atoms with Crippen LogP contribution >= 0.6 is 0 Å². The Labute approximate surface area is 97.8 Å². The highest BCUT2D eigenvalue weighted by Gasteiger charge is 2.15. The lowest BCUT2D eigenvalue weighted by Gasteiger charge is -2.18. The average Bonchev–Trinajstić information content (AvgIpc) is 2.39. The van der Waals surface area contributed by atoms with Gasteiger partial charge in [0.05, 0.1) is 17.9 Å². The number of nitrogens with zero attached hydrogens (tertiary/aromatic N) is 2. The third kappa shape index (κ3) is 3.23. The Morgan fingerprint density at radius 3 is 2.50 bits per heavy atom. The van der Waals surface area contributed by atoms with Crippen LogP contribution in [-0.4, -0.2) is 16.4 Å². The quantitative estimate of drug-likeness (QED) is 0.852. The summed E-state index contributed by atoms with van der Waals surface area (Å²) in [6, 6.07) is 0. The van der Waals surface area contributed by atoms with Crippen LogP contribution in [0, 0.1) is 12.3 Å². The second-order valence-electron chi connectivity index (χ2n) is 5.36. The van der Waals surface area contributed by atoms with E-state index in [1.54, 1.807) is 4.68 Å².